The second-order valence-electron chi connectivity index (χ2n) is 6.77. The summed E-state index contributed by atoms with van der Waals surface area (Å²) in [7, 11) is 0. The molecule has 0 radical (unpaired) electrons. The van der Waals surface area contributed by atoms with E-state index in [0.29, 0.717) is 23.7 Å². The third kappa shape index (κ3) is 3.10. The number of fused-ring (bicyclic) bond motifs is 1. The highest BCUT2D eigenvalue weighted by Gasteiger charge is 2.35. The molecule has 25 heavy (non-hydrogen) atoms. The van der Waals surface area contributed by atoms with Crippen molar-refractivity contribution < 1.29 is 9.18 Å². The summed E-state index contributed by atoms with van der Waals surface area (Å²) >= 11 is 0. The first-order valence-electron chi connectivity index (χ1n) is 8.74. The number of hydrogen-bond acceptors (Lipinski definition) is 2. The number of nitrogens with one attached hydrogen (secondary N) is 1. The van der Waals surface area contributed by atoms with Crippen molar-refractivity contribution in [3.63, 3.8) is 0 Å². The van der Waals surface area contributed by atoms with Gasteiger partial charge in [-0.3, -0.25) is 9.69 Å². The van der Waals surface area contributed by atoms with Crippen molar-refractivity contribution in [3.05, 3.63) is 71.7 Å². The number of carbonyl (C=O) groups excluding carboxylic acids is 1. The molecular weight excluding hydrogens is 315 g/mol. The zero-order valence-corrected chi connectivity index (χ0v) is 14.2. The van der Waals surface area contributed by atoms with Gasteiger partial charge in [0.2, 0.25) is 0 Å². The molecule has 0 aliphatic heterocycles. The van der Waals surface area contributed by atoms with Gasteiger partial charge in [0.15, 0.2) is 5.78 Å². The lowest BCUT2D eigenvalue weighted by atomic mass is 10.0. The van der Waals surface area contributed by atoms with E-state index in [9.17, 15) is 9.18 Å². The summed E-state index contributed by atoms with van der Waals surface area (Å²) in [4.78, 5) is 18.2. The highest BCUT2D eigenvalue weighted by Crippen LogP contribution is 2.35. The van der Waals surface area contributed by atoms with Crippen molar-refractivity contribution in [3.8, 4) is 0 Å². The number of ketones is 1. The molecule has 0 spiro atoms. The molecule has 3 aromatic rings. The smallest absolute Gasteiger partial charge is 0.178 e. The van der Waals surface area contributed by atoms with Gasteiger partial charge in [-0.1, -0.05) is 36.4 Å². The lowest BCUT2D eigenvalue weighted by molar-refractivity contribution is 0.0887. The Bertz CT molecular complexity index is 913. The largest absolute Gasteiger partial charge is 0.360 e. The average molecular weight is 336 g/mol. The molecule has 3 nitrogen and oxygen atoms in total. The van der Waals surface area contributed by atoms with E-state index in [-0.39, 0.29) is 17.6 Å². The van der Waals surface area contributed by atoms with E-state index in [1.807, 2.05) is 43.3 Å². The first-order chi connectivity index (χ1) is 12.1. The predicted molar refractivity (Wildman–Crippen MR) is 97.2 cm³/mol. The lowest BCUT2D eigenvalue weighted by Gasteiger charge is -2.29. The maximum absolute atomic E-state index is 14.2. The average Bonchev–Trinajstić information content (AvgIpc) is 3.37. The highest BCUT2D eigenvalue weighted by atomic mass is 19.1. The van der Waals surface area contributed by atoms with Gasteiger partial charge in [-0.2, -0.15) is 0 Å². The number of benzene rings is 2. The zero-order valence-electron chi connectivity index (χ0n) is 14.2. The number of halogens is 1. The molecule has 4 rings (SSSR count). The molecule has 1 fully saturated rings. The molecule has 1 aromatic heterocycles. The van der Waals surface area contributed by atoms with Gasteiger partial charge in [0.05, 0.1) is 6.54 Å². The van der Waals surface area contributed by atoms with Crippen molar-refractivity contribution >= 4 is 16.7 Å². The predicted octanol–water partition coefficient (Wildman–Crippen LogP) is 4.72. The number of nitrogens with zero attached hydrogens (tertiary/aromatic N) is 1. The Hall–Kier alpha value is -2.46. The Labute approximate surface area is 146 Å². The van der Waals surface area contributed by atoms with Crippen molar-refractivity contribution in [1.29, 1.82) is 0 Å². The van der Waals surface area contributed by atoms with Gasteiger partial charge in [0, 0.05) is 40.3 Å². The molecule has 4 heteroatoms. The summed E-state index contributed by atoms with van der Waals surface area (Å²) in [6.07, 6.45) is 3.92. The quantitative estimate of drug-likeness (QED) is 0.662. The van der Waals surface area contributed by atoms with E-state index in [1.165, 1.54) is 6.07 Å². The van der Waals surface area contributed by atoms with Crippen LogP contribution in [0.25, 0.3) is 10.9 Å². The van der Waals surface area contributed by atoms with Crippen LogP contribution in [0.1, 0.15) is 41.7 Å². The summed E-state index contributed by atoms with van der Waals surface area (Å²) in [5, 5.41) is 0.946. The van der Waals surface area contributed by atoms with E-state index >= 15 is 0 Å². The lowest BCUT2D eigenvalue weighted by Crippen LogP contribution is -2.34. The van der Waals surface area contributed by atoms with Gasteiger partial charge in [-0.25, -0.2) is 4.39 Å². The Morgan fingerprint density at radius 3 is 2.68 bits per heavy atom. The standard InChI is InChI=1S/C21H21FN2O/c1-14(16-6-2-4-8-19(16)22)24(15-10-11-15)13-21(25)18-12-23-20-9-5-3-7-17(18)20/h2-9,12,14-15,23H,10-11,13H2,1H3. The summed E-state index contributed by atoms with van der Waals surface area (Å²) in [5.74, 6) is -0.132. The van der Waals surface area contributed by atoms with Crippen LogP contribution in [0.3, 0.4) is 0 Å². The van der Waals surface area contributed by atoms with Crippen LogP contribution in [0.15, 0.2) is 54.7 Å². The molecule has 1 aliphatic carbocycles. The van der Waals surface area contributed by atoms with Gasteiger partial charge in [0.25, 0.3) is 0 Å². The Morgan fingerprint density at radius 2 is 1.92 bits per heavy atom. The van der Waals surface area contributed by atoms with Gasteiger partial charge >= 0.3 is 0 Å². The Balaban J connectivity index is 1.60. The van der Waals surface area contributed by atoms with Gasteiger partial charge in [-0.15, -0.1) is 0 Å². The third-order valence-electron chi connectivity index (χ3n) is 5.08. The number of rotatable bonds is 6. The molecular formula is C21H21FN2O. The Kier molecular flexibility index (Phi) is 4.14. The van der Waals surface area contributed by atoms with Crippen LogP contribution in [-0.4, -0.2) is 28.3 Å². The summed E-state index contributed by atoms with van der Waals surface area (Å²) in [6, 6.07) is 14.9. The second-order valence-corrected chi connectivity index (χ2v) is 6.77. The second kappa shape index (κ2) is 6.45. The van der Waals surface area contributed by atoms with E-state index in [1.54, 1.807) is 12.3 Å². The zero-order chi connectivity index (χ0) is 17.4. The molecule has 1 aliphatic rings. The van der Waals surface area contributed by atoms with Crippen LogP contribution in [0.4, 0.5) is 4.39 Å². The Morgan fingerprint density at radius 1 is 1.20 bits per heavy atom. The molecule has 1 N–H and O–H groups in total. The van der Waals surface area contributed by atoms with Gasteiger partial charge in [0.1, 0.15) is 5.82 Å². The fourth-order valence-corrected chi connectivity index (χ4v) is 3.53. The van der Waals surface area contributed by atoms with Crippen LogP contribution in [0, 0.1) is 5.82 Å². The number of aromatic amines is 1. The molecule has 0 amide bonds. The first-order valence-corrected chi connectivity index (χ1v) is 8.74. The molecule has 2 aromatic carbocycles. The molecule has 1 unspecified atom stereocenters. The molecule has 0 saturated heterocycles. The van der Waals surface area contributed by atoms with E-state index in [2.05, 4.69) is 9.88 Å². The monoisotopic (exact) mass is 336 g/mol. The highest BCUT2D eigenvalue weighted by molar-refractivity contribution is 6.08. The number of aromatic nitrogens is 1. The normalized spacial score (nSPS) is 15.6. The van der Waals surface area contributed by atoms with E-state index in [4.69, 9.17) is 0 Å². The molecule has 1 saturated carbocycles. The van der Waals surface area contributed by atoms with Crippen molar-refractivity contribution in [2.75, 3.05) is 6.54 Å². The minimum atomic E-state index is -0.208. The third-order valence-corrected chi connectivity index (χ3v) is 5.08. The van der Waals surface area contributed by atoms with Crippen molar-refractivity contribution in [2.24, 2.45) is 0 Å². The fraction of sp³-hybridized carbons (Fsp3) is 0.286. The minimum Gasteiger partial charge on any atom is -0.360 e. The minimum absolute atomic E-state index is 0.0764. The number of hydrogen-bond donors (Lipinski definition) is 1. The van der Waals surface area contributed by atoms with Crippen molar-refractivity contribution in [2.45, 2.75) is 31.8 Å². The van der Waals surface area contributed by atoms with Crippen LogP contribution < -0.4 is 0 Å². The topological polar surface area (TPSA) is 36.1 Å². The van der Waals surface area contributed by atoms with E-state index < -0.39 is 0 Å². The van der Waals surface area contributed by atoms with Gasteiger partial charge in [-0.05, 0) is 31.9 Å². The maximum atomic E-state index is 14.2. The number of Topliss-reactive ketones (excluding diaryl/α,β-unsaturated/α-hetero) is 1. The van der Waals surface area contributed by atoms with E-state index in [0.717, 1.165) is 23.7 Å². The maximum Gasteiger partial charge on any atom is 0.178 e. The SMILES string of the molecule is CC(c1ccccc1F)N(CC(=O)c1c[nH]c2ccccc12)C1CC1. The van der Waals surface area contributed by atoms with Crippen LogP contribution in [0.2, 0.25) is 0 Å². The first kappa shape index (κ1) is 16.0. The molecule has 128 valence electrons. The van der Waals surface area contributed by atoms with Gasteiger partial charge < -0.3 is 4.98 Å². The number of para-hydroxylation sites is 1. The summed E-state index contributed by atoms with van der Waals surface area (Å²) < 4.78 is 14.2. The summed E-state index contributed by atoms with van der Waals surface area (Å²) in [5.41, 5.74) is 2.33. The number of H-pyrrole nitrogens is 1. The van der Waals surface area contributed by atoms with Crippen LogP contribution in [0.5, 0.6) is 0 Å². The molecule has 1 heterocycles. The molecule has 1 atom stereocenters. The fourth-order valence-electron chi connectivity index (χ4n) is 3.53. The van der Waals surface area contributed by atoms with Crippen molar-refractivity contribution in [1.82, 2.24) is 9.88 Å². The summed E-state index contributed by atoms with van der Waals surface area (Å²) in [6.45, 7) is 2.29. The van der Waals surface area contributed by atoms with Crippen LogP contribution in [-0.2, 0) is 0 Å². The number of carbonyl (C=O) groups is 1. The molecule has 0 bridgehead atoms. The van der Waals surface area contributed by atoms with Crippen LogP contribution >= 0.6 is 0 Å².